The first-order valence-electron chi connectivity index (χ1n) is 8.70. The Hall–Kier alpha value is -1.38. The second-order valence-corrected chi connectivity index (χ2v) is 11.9. The molecule has 122 valence electrons. The number of hydrogen-bond donors (Lipinski definition) is 0. The first-order chi connectivity index (χ1) is 10.9. The molecule has 1 nitrogen and oxygen atoms in total. The fourth-order valence-electron chi connectivity index (χ4n) is 4.32. The highest BCUT2D eigenvalue weighted by molar-refractivity contribution is 6.76. The normalized spacial score (nSPS) is 23.8. The average molecular weight is 325 g/mol. The van der Waals surface area contributed by atoms with Crippen molar-refractivity contribution in [3.63, 3.8) is 0 Å². The Labute approximate surface area is 141 Å². The Kier molecular flexibility index (Phi) is 4.48. The van der Waals surface area contributed by atoms with Crippen molar-refractivity contribution in [2.24, 2.45) is 0 Å². The van der Waals surface area contributed by atoms with E-state index in [1.54, 1.807) is 0 Å². The number of hydrogen-bond acceptors (Lipinski definition) is 1. The molecule has 3 rings (SSSR count). The predicted molar refractivity (Wildman–Crippen MR) is 100 cm³/mol. The third-order valence-electron chi connectivity index (χ3n) is 5.06. The Morgan fingerprint density at radius 2 is 1.17 bits per heavy atom. The van der Waals surface area contributed by atoms with Crippen molar-refractivity contribution in [1.82, 2.24) is 0 Å². The molecular formula is C21H28OSi. The van der Waals surface area contributed by atoms with Gasteiger partial charge in [0.1, 0.15) is 0 Å². The van der Waals surface area contributed by atoms with Crippen molar-refractivity contribution in [2.45, 2.75) is 56.8 Å². The molecule has 2 aromatic carbocycles. The van der Waals surface area contributed by atoms with Gasteiger partial charge in [0.15, 0.2) is 0 Å². The second-order valence-electron chi connectivity index (χ2n) is 7.90. The van der Waals surface area contributed by atoms with Gasteiger partial charge in [0.25, 0.3) is 0 Å². The molecule has 2 atom stereocenters. The molecule has 0 N–H and O–H groups in total. The molecule has 1 aliphatic rings. The number of rotatable bonds is 3. The Bertz CT molecular complexity index is 582. The molecule has 1 fully saturated rings. The Morgan fingerprint density at radius 3 is 1.52 bits per heavy atom. The maximum atomic E-state index is 6.86. The highest BCUT2D eigenvalue weighted by Crippen LogP contribution is 2.51. The zero-order valence-electron chi connectivity index (χ0n) is 14.8. The van der Waals surface area contributed by atoms with Crippen LogP contribution in [0, 0.1) is 0 Å². The van der Waals surface area contributed by atoms with E-state index in [-0.39, 0.29) is 5.60 Å². The lowest BCUT2D eigenvalue weighted by atomic mass is 10.0. The van der Waals surface area contributed by atoms with E-state index < -0.39 is 8.32 Å². The van der Waals surface area contributed by atoms with E-state index in [2.05, 4.69) is 88.0 Å². The quantitative estimate of drug-likeness (QED) is 0.647. The lowest BCUT2D eigenvalue weighted by Gasteiger charge is -2.40. The zero-order valence-corrected chi connectivity index (χ0v) is 15.8. The van der Waals surface area contributed by atoms with Gasteiger partial charge in [-0.05, 0) is 51.3 Å². The maximum Gasteiger partial charge on any atom is 0.205 e. The molecule has 1 heterocycles. The molecule has 0 spiro atoms. The molecule has 0 unspecified atom stereocenters. The third kappa shape index (κ3) is 3.43. The van der Waals surface area contributed by atoms with Crippen molar-refractivity contribution in [3.05, 3.63) is 71.8 Å². The van der Waals surface area contributed by atoms with Crippen LogP contribution >= 0.6 is 0 Å². The molecule has 0 bridgehead atoms. The van der Waals surface area contributed by atoms with Crippen LogP contribution in [0.25, 0.3) is 0 Å². The summed E-state index contributed by atoms with van der Waals surface area (Å²) < 4.78 is 6.86. The van der Waals surface area contributed by atoms with Crippen molar-refractivity contribution >= 4 is 8.32 Å². The van der Waals surface area contributed by atoms with Crippen molar-refractivity contribution in [3.8, 4) is 0 Å². The van der Waals surface area contributed by atoms with Crippen LogP contribution in [0.1, 0.15) is 55.8 Å². The summed E-state index contributed by atoms with van der Waals surface area (Å²) in [4.78, 5) is 0. The highest BCUT2D eigenvalue weighted by Gasteiger charge is 2.53. The fraction of sp³-hybridized carbons (Fsp3) is 0.429. The van der Waals surface area contributed by atoms with Crippen LogP contribution < -0.4 is 0 Å². The molecule has 1 saturated heterocycles. The minimum absolute atomic E-state index is 0.0919. The van der Waals surface area contributed by atoms with Crippen molar-refractivity contribution in [1.29, 1.82) is 0 Å². The summed E-state index contributed by atoms with van der Waals surface area (Å²) in [5.41, 5.74) is 3.99. The van der Waals surface area contributed by atoms with Crippen molar-refractivity contribution < 1.29 is 4.43 Å². The minimum Gasteiger partial charge on any atom is -0.411 e. The van der Waals surface area contributed by atoms with E-state index in [4.69, 9.17) is 4.43 Å². The molecule has 0 saturated carbocycles. The van der Waals surface area contributed by atoms with Crippen LogP contribution in [-0.2, 0) is 4.43 Å². The highest BCUT2D eigenvalue weighted by atomic mass is 28.4. The maximum absolute atomic E-state index is 6.86. The van der Waals surface area contributed by atoms with E-state index >= 15 is 0 Å². The summed E-state index contributed by atoms with van der Waals surface area (Å²) in [6.45, 7) is 9.07. The SMILES string of the molecule is CC(C)(C)O[Si]1(C)[C@H](c2ccccc2)CC[C@H]1c1ccccc1. The van der Waals surface area contributed by atoms with E-state index in [1.807, 2.05) is 0 Å². The smallest absolute Gasteiger partial charge is 0.205 e. The summed E-state index contributed by atoms with van der Waals surface area (Å²) in [6.07, 6.45) is 2.48. The van der Waals surface area contributed by atoms with Crippen LogP contribution in [0.2, 0.25) is 6.55 Å². The molecule has 0 radical (unpaired) electrons. The molecule has 23 heavy (non-hydrogen) atoms. The van der Waals surface area contributed by atoms with Gasteiger partial charge in [0, 0.05) is 16.7 Å². The zero-order chi connectivity index (χ0) is 16.5. The second kappa shape index (κ2) is 6.25. The first-order valence-corrected chi connectivity index (χ1v) is 11.3. The van der Waals surface area contributed by atoms with Gasteiger partial charge >= 0.3 is 0 Å². The topological polar surface area (TPSA) is 9.23 Å². The molecule has 0 aliphatic carbocycles. The molecule has 0 amide bonds. The fourth-order valence-corrected chi connectivity index (χ4v) is 9.60. The molecule has 0 aromatic heterocycles. The Morgan fingerprint density at radius 1 is 0.783 bits per heavy atom. The van der Waals surface area contributed by atoms with Crippen LogP contribution in [0.5, 0.6) is 0 Å². The standard InChI is InChI=1S/C21H28OSi/c1-21(2,3)22-23(4)19(17-11-7-5-8-12-17)15-16-20(23)18-13-9-6-10-14-18/h5-14,19-20H,15-16H2,1-4H3/t19-,20-/m0/s1. The van der Waals surface area contributed by atoms with Gasteiger partial charge in [0.05, 0.1) is 0 Å². The lowest BCUT2D eigenvalue weighted by Crippen LogP contribution is -2.48. The summed E-state index contributed by atoms with van der Waals surface area (Å²) in [7, 11) is -1.96. The number of benzene rings is 2. The van der Waals surface area contributed by atoms with Gasteiger partial charge < -0.3 is 4.43 Å². The predicted octanol–water partition coefficient (Wildman–Crippen LogP) is 5.82. The average Bonchev–Trinajstić information content (AvgIpc) is 2.83. The summed E-state index contributed by atoms with van der Waals surface area (Å²) in [6, 6.07) is 22.0. The van der Waals surface area contributed by atoms with Gasteiger partial charge in [-0.2, -0.15) is 0 Å². The van der Waals surface area contributed by atoms with Crippen molar-refractivity contribution in [2.75, 3.05) is 0 Å². The molecule has 1 aliphatic heterocycles. The molecule has 2 aromatic rings. The summed E-state index contributed by atoms with van der Waals surface area (Å²) >= 11 is 0. The monoisotopic (exact) mass is 324 g/mol. The van der Waals surface area contributed by atoms with E-state index in [0.717, 1.165) is 0 Å². The largest absolute Gasteiger partial charge is 0.411 e. The van der Waals surface area contributed by atoms with Gasteiger partial charge in [-0.1, -0.05) is 60.7 Å². The minimum atomic E-state index is -1.96. The first kappa shape index (κ1) is 16.5. The summed E-state index contributed by atoms with van der Waals surface area (Å²) in [5, 5.41) is 0. The summed E-state index contributed by atoms with van der Waals surface area (Å²) in [5.74, 6) is 0. The van der Waals surface area contributed by atoms with Crippen LogP contribution in [0.15, 0.2) is 60.7 Å². The van der Waals surface area contributed by atoms with Gasteiger partial charge in [-0.3, -0.25) is 0 Å². The Balaban J connectivity index is 2.02. The van der Waals surface area contributed by atoms with Crippen LogP contribution in [0.4, 0.5) is 0 Å². The van der Waals surface area contributed by atoms with E-state index in [1.165, 1.54) is 24.0 Å². The van der Waals surface area contributed by atoms with Crippen LogP contribution in [-0.4, -0.2) is 13.9 Å². The van der Waals surface area contributed by atoms with Gasteiger partial charge in [-0.25, -0.2) is 0 Å². The lowest BCUT2D eigenvalue weighted by molar-refractivity contribution is 0.114. The third-order valence-corrected chi connectivity index (χ3v) is 10.1. The van der Waals surface area contributed by atoms with Gasteiger partial charge in [0.2, 0.25) is 8.32 Å². The van der Waals surface area contributed by atoms with Gasteiger partial charge in [-0.15, -0.1) is 0 Å². The van der Waals surface area contributed by atoms with Crippen LogP contribution in [0.3, 0.4) is 0 Å². The molecule has 2 heteroatoms. The molecular weight excluding hydrogens is 296 g/mol. The van der Waals surface area contributed by atoms with E-state index in [0.29, 0.717) is 11.1 Å². The van der Waals surface area contributed by atoms with E-state index in [9.17, 15) is 0 Å².